The normalized spacial score (nSPS) is 14.9. The SMILES string of the molecule is Cc1cc(NC2CCN(C(=O)OC(C)(C)C)CC2)c([N+](=O)[O-])cc1-c1cc(C)c2ncnn2c1. The molecule has 1 aliphatic rings. The van der Waals surface area contributed by atoms with E-state index < -0.39 is 5.60 Å². The summed E-state index contributed by atoms with van der Waals surface area (Å²) >= 11 is 0. The first-order valence-corrected chi connectivity index (χ1v) is 11.4. The maximum absolute atomic E-state index is 12.3. The molecule has 1 saturated heterocycles. The summed E-state index contributed by atoms with van der Waals surface area (Å²) in [7, 11) is 0. The number of hydrogen-bond donors (Lipinski definition) is 1. The predicted octanol–water partition coefficient (Wildman–Crippen LogP) is 4.73. The second kappa shape index (κ2) is 8.92. The highest BCUT2D eigenvalue weighted by Crippen LogP contribution is 2.35. The summed E-state index contributed by atoms with van der Waals surface area (Å²) in [6.45, 7) is 10.5. The first-order chi connectivity index (χ1) is 16.0. The number of nitro benzene ring substituents is 1. The number of aryl methyl sites for hydroxylation is 2. The molecule has 0 radical (unpaired) electrons. The van der Waals surface area contributed by atoms with Gasteiger partial charge in [-0.05, 0) is 76.3 Å². The molecule has 3 aromatic rings. The lowest BCUT2D eigenvalue weighted by Gasteiger charge is -2.34. The molecule has 10 nitrogen and oxygen atoms in total. The van der Waals surface area contributed by atoms with Crippen LogP contribution in [0, 0.1) is 24.0 Å². The van der Waals surface area contributed by atoms with Crippen molar-refractivity contribution >= 4 is 23.1 Å². The van der Waals surface area contributed by atoms with Crippen molar-refractivity contribution in [3.63, 3.8) is 0 Å². The largest absolute Gasteiger partial charge is 0.444 e. The highest BCUT2D eigenvalue weighted by atomic mass is 16.6. The molecule has 1 aliphatic heterocycles. The second-order valence-electron chi connectivity index (χ2n) is 9.77. The lowest BCUT2D eigenvalue weighted by Crippen LogP contribution is -2.44. The van der Waals surface area contributed by atoms with Crippen LogP contribution in [0.5, 0.6) is 0 Å². The van der Waals surface area contributed by atoms with E-state index in [1.807, 2.05) is 52.9 Å². The molecule has 3 heterocycles. The Morgan fingerprint density at radius 3 is 2.53 bits per heavy atom. The summed E-state index contributed by atoms with van der Waals surface area (Å²) in [5.41, 5.74) is 4.20. The van der Waals surface area contributed by atoms with E-state index in [9.17, 15) is 14.9 Å². The Morgan fingerprint density at radius 2 is 1.88 bits per heavy atom. The van der Waals surface area contributed by atoms with Gasteiger partial charge in [-0.15, -0.1) is 0 Å². The number of carbonyl (C=O) groups excluding carboxylic acids is 1. The van der Waals surface area contributed by atoms with Crippen molar-refractivity contribution in [2.24, 2.45) is 0 Å². The number of anilines is 1. The highest BCUT2D eigenvalue weighted by Gasteiger charge is 2.28. The van der Waals surface area contributed by atoms with Crippen molar-refractivity contribution in [3.05, 3.63) is 52.0 Å². The number of ether oxygens (including phenoxy) is 1. The fourth-order valence-corrected chi connectivity index (χ4v) is 4.27. The van der Waals surface area contributed by atoms with Crippen LogP contribution in [0.2, 0.25) is 0 Å². The number of nitro groups is 1. The average molecular weight is 467 g/mol. The molecule has 0 spiro atoms. The summed E-state index contributed by atoms with van der Waals surface area (Å²) in [4.78, 5) is 29.8. The maximum atomic E-state index is 12.3. The molecule has 0 aliphatic carbocycles. The number of benzene rings is 1. The molecule has 10 heteroatoms. The molecular formula is C24H30N6O4. The van der Waals surface area contributed by atoms with Gasteiger partial charge in [0, 0.05) is 37.0 Å². The second-order valence-corrected chi connectivity index (χ2v) is 9.77. The van der Waals surface area contributed by atoms with E-state index in [4.69, 9.17) is 4.74 Å². The third-order valence-electron chi connectivity index (χ3n) is 5.92. The Balaban J connectivity index is 1.54. The summed E-state index contributed by atoms with van der Waals surface area (Å²) in [5, 5.41) is 19.5. The molecule has 1 fully saturated rings. The average Bonchev–Trinajstić information content (AvgIpc) is 3.22. The van der Waals surface area contributed by atoms with Crippen LogP contribution in [0.25, 0.3) is 16.8 Å². The smallest absolute Gasteiger partial charge is 0.410 e. The number of amides is 1. The molecule has 0 unspecified atom stereocenters. The zero-order valence-electron chi connectivity index (χ0n) is 20.2. The number of hydrogen-bond acceptors (Lipinski definition) is 7. The van der Waals surface area contributed by atoms with Crippen molar-refractivity contribution < 1.29 is 14.5 Å². The lowest BCUT2D eigenvalue weighted by atomic mass is 9.98. The number of nitrogens with zero attached hydrogens (tertiary/aromatic N) is 5. The summed E-state index contributed by atoms with van der Waals surface area (Å²) < 4.78 is 7.13. The number of nitrogens with one attached hydrogen (secondary N) is 1. The summed E-state index contributed by atoms with van der Waals surface area (Å²) in [6, 6.07) is 5.44. The van der Waals surface area contributed by atoms with Crippen molar-refractivity contribution in [1.29, 1.82) is 0 Å². The first kappa shape index (κ1) is 23.5. The molecule has 0 atom stereocenters. The maximum Gasteiger partial charge on any atom is 0.410 e. The van der Waals surface area contributed by atoms with E-state index >= 15 is 0 Å². The Morgan fingerprint density at radius 1 is 1.18 bits per heavy atom. The van der Waals surface area contributed by atoms with Gasteiger partial charge in [-0.3, -0.25) is 10.1 Å². The molecule has 0 saturated carbocycles. The minimum absolute atomic E-state index is 0.0199. The van der Waals surface area contributed by atoms with E-state index in [0.717, 1.165) is 27.9 Å². The van der Waals surface area contributed by atoms with Gasteiger partial charge >= 0.3 is 6.09 Å². The van der Waals surface area contributed by atoms with Crippen LogP contribution in [0.3, 0.4) is 0 Å². The standard InChI is InChI=1S/C24H30N6O4/c1-15-11-20(27-18-6-8-28(9-7-18)23(31)34-24(3,4)5)21(30(32)33)12-19(15)17-10-16(2)22-25-14-26-29(22)13-17/h10-14,18,27H,6-9H2,1-5H3. The van der Waals surface area contributed by atoms with Gasteiger partial charge in [-0.2, -0.15) is 5.10 Å². The zero-order chi connectivity index (χ0) is 24.6. The number of fused-ring (bicyclic) bond motifs is 1. The van der Waals surface area contributed by atoms with Crippen molar-refractivity contribution in [2.45, 2.75) is 59.1 Å². The molecule has 1 N–H and O–H groups in total. The van der Waals surface area contributed by atoms with Gasteiger partial charge in [0.05, 0.1) is 4.92 Å². The van der Waals surface area contributed by atoms with Gasteiger partial charge in [0.2, 0.25) is 0 Å². The number of piperidine rings is 1. The molecule has 34 heavy (non-hydrogen) atoms. The third kappa shape index (κ3) is 4.95. The van der Waals surface area contributed by atoms with E-state index in [0.29, 0.717) is 31.6 Å². The minimum atomic E-state index is -0.539. The van der Waals surface area contributed by atoms with Crippen LogP contribution in [-0.4, -0.2) is 55.2 Å². The number of rotatable bonds is 4. The third-order valence-corrected chi connectivity index (χ3v) is 5.92. The molecule has 180 valence electrons. The topological polar surface area (TPSA) is 115 Å². The molecule has 4 rings (SSSR count). The summed E-state index contributed by atoms with van der Waals surface area (Å²) in [6.07, 6.45) is 4.36. The van der Waals surface area contributed by atoms with Gasteiger partial charge in [0.1, 0.15) is 17.6 Å². The molecule has 1 amide bonds. The Labute approximate surface area is 198 Å². The van der Waals surface area contributed by atoms with Gasteiger partial charge in [0.25, 0.3) is 5.69 Å². The Kier molecular flexibility index (Phi) is 6.16. The number of pyridine rings is 1. The van der Waals surface area contributed by atoms with Gasteiger partial charge in [0.15, 0.2) is 5.65 Å². The fraction of sp³-hybridized carbons (Fsp3) is 0.458. The van der Waals surface area contributed by atoms with Crippen LogP contribution in [0.1, 0.15) is 44.7 Å². The number of carbonyl (C=O) groups is 1. The highest BCUT2D eigenvalue weighted by molar-refractivity contribution is 5.77. The van der Waals surface area contributed by atoms with E-state index in [-0.39, 0.29) is 22.7 Å². The monoisotopic (exact) mass is 466 g/mol. The van der Waals surface area contributed by atoms with Crippen LogP contribution < -0.4 is 5.32 Å². The van der Waals surface area contributed by atoms with Crippen LogP contribution in [-0.2, 0) is 4.74 Å². The number of likely N-dealkylation sites (tertiary alicyclic amines) is 1. The van der Waals surface area contributed by atoms with Gasteiger partial charge in [-0.1, -0.05) is 0 Å². The quantitative estimate of drug-likeness (QED) is 0.436. The molecule has 1 aromatic carbocycles. The Hall–Kier alpha value is -3.69. The van der Waals surface area contributed by atoms with Crippen LogP contribution >= 0.6 is 0 Å². The van der Waals surface area contributed by atoms with Crippen molar-refractivity contribution in [2.75, 3.05) is 18.4 Å². The van der Waals surface area contributed by atoms with Crippen LogP contribution in [0.4, 0.5) is 16.2 Å². The first-order valence-electron chi connectivity index (χ1n) is 11.4. The predicted molar refractivity (Wildman–Crippen MR) is 129 cm³/mol. The Bertz CT molecular complexity index is 1240. The van der Waals surface area contributed by atoms with E-state index in [2.05, 4.69) is 15.4 Å². The number of aromatic nitrogens is 3. The lowest BCUT2D eigenvalue weighted by molar-refractivity contribution is -0.383. The van der Waals surface area contributed by atoms with Gasteiger partial charge in [-0.25, -0.2) is 14.3 Å². The van der Waals surface area contributed by atoms with Gasteiger partial charge < -0.3 is 15.0 Å². The summed E-state index contributed by atoms with van der Waals surface area (Å²) in [5.74, 6) is 0. The van der Waals surface area contributed by atoms with Crippen LogP contribution in [0.15, 0.2) is 30.7 Å². The fourth-order valence-electron chi connectivity index (χ4n) is 4.27. The molecular weight excluding hydrogens is 436 g/mol. The van der Waals surface area contributed by atoms with Crippen molar-refractivity contribution in [1.82, 2.24) is 19.5 Å². The zero-order valence-corrected chi connectivity index (χ0v) is 20.2. The minimum Gasteiger partial charge on any atom is -0.444 e. The van der Waals surface area contributed by atoms with Crippen molar-refractivity contribution in [3.8, 4) is 11.1 Å². The van der Waals surface area contributed by atoms with E-state index in [1.54, 1.807) is 15.5 Å². The molecule has 0 bridgehead atoms. The molecule has 2 aromatic heterocycles. The van der Waals surface area contributed by atoms with E-state index in [1.165, 1.54) is 6.33 Å².